The molecule has 3 unspecified atom stereocenters. The number of hydrogen-bond donors (Lipinski definition) is 1. The van der Waals surface area contributed by atoms with Crippen molar-refractivity contribution in [3.8, 4) is 0 Å². The van der Waals surface area contributed by atoms with Crippen molar-refractivity contribution in [2.75, 3.05) is 31.2 Å². The summed E-state index contributed by atoms with van der Waals surface area (Å²) >= 11 is 11.6. The van der Waals surface area contributed by atoms with Gasteiger partial charge in [-0.25, -0.2) is 0 Å². The summed E-state index contributed by atoms with van der Waals surface area (Å²) in [6.45, 7) is 7.30. The van der Waals surface area contributed by atoms with Crippen LogP contribution in [-0.4, -0.2) is 75.0 Å². The van der Waals surface area contributed by atoms with Crippen LogP contribution in [0.3, 0.4) is 0 Å². The van der Waals surface area contributed by atoms with Gasteiger partial charge in [0.05, 0.1) is 33.9 Å². The van der Waals surface area contributed by atoms with Crippen LogP contribution in [0.2, 0.25) is 5.02 Å². The van der Waals surface area contributed by atoms with E-state index in [4.69, 9.17) is 16.3 Å². The topological polar surface area (TPSA) is 87.2 Å². The SMILES string of the molecule is C=CCOC(=O)[C@H]1[C@@H]2SC3(CC2Br)C(C(=O)N(CC=C)c2ccccc2Cl)N(CCO)C(=O)[C@H]13. The lowest BCUT2D eigenvalue weighted by molar-refractivity contribution is -0.153. The Kier molecular flexibility index (Phi) is 7.47. The molecule has 1 spiro atoms. The maximum absolute atomic E-state index is 14.2. The minimum Gasteiger partial charge on any atom is -0.461 e. The van der Waals surface area contributed by atoms with Crippen molar-refractivity contribution >= 4 is 62.8 Å². The maximum Gasteiger partial charge on any atom is 0.311 e. The number of aliphatic hydroxyl groups is 1. The number of hydrogen-bond acceptors (Lipinski definition) is 6. The summed E-state index contributed by atoms with van der Waals surface area (Å²) in [5, 5.41) is 9.94. The van der Waals surface area contributed by atoms with Gasteiger partial charge in [0.1, 0.15) is 12.6 Å². The van der Waals surface area contributed by atoms with E-state index >= 15 is 0 Å². The van der Waals surface area contributed by atoms with Crippen LogP contribution in [0.4, 0.5) is 5.69 Å². The fourth-order valence-corrected chi connectivity index (χ4v) is 9.35. The van der Waals surface area contributed by atoms with Gasteiger partial charge < -0.3 is 19.6 Å². The molecule has 3 saturated heterocycles. The van der Waals surface area contributed by atoms with Crippen molar-refractivity contribution in [3.05, 3.63) is 54.6 Å². The Balaban J connectivity index is 1.78. The highest BCUT2D eigenvalue weighted by Crippen LogP contribution is 2.68. The largest absolute Gasteiger partial charge is 0.461 e. The van der Waals surface area contributed by atoms with E-state index in [1.165, 1.54) is 27.6 Å². The first kappa shape index (κ1) is 25.3. The zero-order valence-electron chi connectivity index (χ0n) is 18.4. The molecule has 1 aromatic carbocycles. The highest BCUT2D eigenvalue weighted by atomic mass is 79.9. The van der Waals surface area contributed by atoms with E-state index in [0.29, 0.717) is 17.1 Å². The summed E-state index contributed by atoms with van der Waals surface area (Å²) in [7, 11) is 0. The zero-order chi connectivity index (χ0) is 24.6. The molecule has 1 N–H and O–H groups in total. The Bertz CT molecular complexity index is 1020. The molecule has 34 heavy (non-hydrogen) atoms. The predicted octanol–water partition coefficient (Wildman–Crippen LogP) is 3.05. The molecule has 4 rings (SSSR count). The van der Waals surface area contributed by atoms with Gasteiger partial charge >= 0.3 is 5.97 Å². The third kappa shape index (κ3) is 3.90. The van der Waals surface area contributed by atoms with Crippen LogP contribution < -0.4 is 4.90 Å². The van der Waals surface area contributed by atoms with Crippen LogP contribution in [-0.2, 0) is 19.1 Å². The number of carbonyl (C=O) groups excluding carboxylic acids is 3. The first-order valence-electron chi connectivity index (χ1n) is 11.0. The lowest BCUT2D eigenvalue weighted by Gasteiger charge is -2.37. The van der Waals surface area contributed by atoms with Crippen molar-refractivity contribution in [1.29, 1.82) is 0 Å². The number of likely N-dealkylation sites (tertiary alicyclic amines) is 1. The summed E-state index contributed by atoms with van der Waals surface area (Å²) in [6.07, 6.45) is 3.62. The number of aliphatic hydroxyl groups excluding tert-OH is 1. The number of benzene rings is 1. The number of fused-ring (bicyclic) bond motifs is 1. The van der Waals surface area contributed by atoms with Gasteiger partial charge in [0.15, 0.2) is 0 Å². The fraction of sp³-hybridized carbons (Fsp3) is 0.458. The molecule has 0 saturated carbocycles. The fourth-order valence-electron chi connectivity index (χ4n) is 5.52. The van der Waals surface area contributed by atoms with Crippen LogP contribution in [0.5, 0.6) is 0 Å². The molecule has 6 atom stereocenters. The molecule has 0 aliphatic carbocycles. The maximum atomic E-state index is 14.2. The normalized spacial score (nSPS) is 31.3. The lowest BCUT2D eigenvalue weighted by atomic mass is 9.71. The monoisotopic (exact) mass is 568 g/mol. The third-order valence-corrected chi connectivity index (χ3v) is 10.2. The third-order valence-electron chi connectivity index (χ3n) is 6.70. The number of β-amino-alcohol motifs (C(OH)–C–C–N with tert-alkyl or cyclic N) is 1. The molecule has 1 aromatic rings. The first-order valence-corrected chi connectivity index (χ1v) is 13.2. The molecule has 10 heteroatoms. The molecular formula is C24H26BrClN2O5S. The van der Waals surface area contributed by atoms with Gasteiger partial charge in [-0.3, -0.25) is 14.4 Å². The molecule has 3 fully saturated rings. The molecule has 7 nitrogen and oxygen atoms in total. The molecule has 3 aliphatic heterocycles. The minimum atomic E-state index is -0.874. The highest BCUT2D eigenvalue weighted by molar-refractivity contribution is 9.09. The van der Waals surface area contributed by atoms with Gasteiger partial charge in [-0.15, -0.1) is 18.3 Å². The van der Waals surface area contributed by atoms with Crippen molar-refractivity contribution in [1.82, 2.24) is 4.90 Å². The van der Waals surface area contributed by atoms with Crippen LogP contribution in [0.15, 0.2) is 49.6 Å². The van der Waals surface area contributed by atoms with Gasteiger partial charge in [-0.1, -0.05) is 58.4 Å². The number of anilines is 1. The second-order valence-electron chi connectivity index (χ2n) is 8.53. The van der Waals surface area contributed by atoms with Gasteiger partial charge in [0.2, 0.25) is 5.91 Å². The average Bonchev–Trinajstić information content (AvgIpc) is 3.40. The van der Waals surface area contributed by atoms with Gasteiger partial charge in [0.25, 0.3) is 5.91 Å². The van der Waals surface area contributed by atoms with E-state index in [2.05, 4.69) is 29.1 Å². The molecule has 3 aliphatic rings. The van der Waals surface area contributed by atoms with Crippen LogP contribution >= 0.6 is 39.3 Å². The molecule has 3 heterocycles. The van der Waals surface area contributed by atoms with Crippen LogP contribution in [0.25, 0.3) is 0 Å². The predicted molar refractivity (Wildman–Crippen MR) is 136 cm³/mol. The van der Waals surface area contributed by atoms with E-state index in [0.717, 1.165) is 0 Å². The molecule has 0 radical (unpaired) electrons. The van der Waals surface area contributed by atoms with E-state index in [-0.39, 0.29) is 48.2 Å². The number of rotatable bonds is 9. The van der Waals surface area contributed by atoms with Crippen molar-refractivity contribution < 1.29 is 24.2 Å². The van der Waals surface area contributed by atoms with Crippen molar-refractivity contribution in [2.45, 2.75) is 27.3 Å². The van der Waals surface area contributed by atoms with Crippen LogP contribution in [0.1, 0.15) is 6.42 Å². The number of esters is 1. The average molecular weight is 570 g/mol. The minimum absolute atomic E-state index is 0.00938. The Morgan fingerprint density at radius 2 is 2.09 bits per heavy atom. The van der Waals surface area contributed by atoms with Gasteiger partial charge in [-0.2, -0.15) is 0 Å². The summed E-state index contributed by atoms with van der Waals surface area (Å²) in [5.41, 5.74) is 0.514. The molecule has 2 bridgehead atoms. The number of amides is 2. The first-order chi connectivity index (χ1) is 16.3. The summed E-state index contributed by atoms with van der Waals surface area (Å²) in [5.74, 6) is -2.49. The second kappa shape index (κ2) is 10.0. The number of para-hydroxylation sites is 1. The molecular weight excluding hydrogens is 544 g/mol. The smallest absolute Gasteiger partial charge is 0.311 e. The van der Waals surface area contributed by atoms with E-state index < -0.39 is 28.6 Å². The second-order valence-corrected chi connectivity index (χ2v) is 11.6. The lowest BCUT2D eigenvalue weighted by Crippen LogP contribution is -2.56. The number of nitrogens with zero attached hydrogens (tertiary/aromatic N) is 2. The Hall–Kier alpha value is -1.81. The quantitative estimate of drug-likeness (QED) is 0.280. The number of carbonyl (C=O) groups is 3. The standard InChI is InChI=1S/C24H26BrClN2O5S/c1-3-9-27(16-8-6-5-7-15(16)26)22(31)20-24-13-14(25)19(34-24)17(23(32)33-12-4-2)18(24)21(30)28(20)10-11-29/h3-8,14,17-20,29H,1-2,9-13H2/t14?,17-,18+,19-,20?,24?/m1/s1. The number of thioether (sulfide) groups is 1. The number of alkyl halides is 1. The van der Waals surface area contributed by atoms with Crippen LogP contribution in [0, 0.1) is 11.8 Å². The van der Waals surface area contributed by atoms with E-state index in [1.54, 1.807) is 30.3 Å². The van der Waals surface area contributed by atoms with Gasteiger partial charge in [0, 0.05) is 23.2 Å². The van der Waals surface area contributed by atoms with E-state index in [9.17, 15) is 19.5 Å². The Morgan fingerprint density at radius 3 is 2.74 bits per heavy atom. The zero-order valence-corrected chi connectivity index (χ0v) is 21.6. The van der Waals surface area contributed by atoms with Gasteiger partial charge in [-0.05, 0) is 18.6 Å². The molecule has 0 aromatic heterocycles. The summed E-state index contributed by atoms with van der Waals surface area (Å²) in [6, 6.07) is 6.13. The van der Waals surface area contributed by atoms with E-state index in [1.807, 2.05) is 0 Å². The Labute approximate surface area is 216 Å². The molecule has 182 valence electrons. The highest BCUT2D eigenvalue weighted by Gasteiger charge is 2.76. The van der Waals surface area contributed by atoms with Crippen molar-refractivity contribution in [2.24, 2.45) is 11.8 Å². The van der Waals surface area contributed by atoms with Crippen molar-refractivity contribution in [3.63, 3.8) is 0 Å². The Morgan fingerprint density at radius 1 is 1.35 bits per heavy atom. The summed E-state index contributed by atoms with van der Waals surface area (Å²) in [4.78, 5) is 43.8. The number of halogens is 2. The molecule has 2 amide bonds. The number of ether oxygens (including phenoxy) is 1. The summed E-state index contributed by atoms with van der Waals surface area (Å²) < 4.78 is 4.52.